The second-order valence-corrected chi connectivity index (χ2v) is 4.13. The minimum atomic E-state index is -0.367. The van der Waals surface area contributed by atoms with Gasteiger partial charge in [0.25, 0.3) is 0 Å². The lowest BCUT2D eigenvalue weighted by Crippen LogP contribution is -1.99. The average molecular weight is 258 g/mol. The zero-order chi connectivity index (χ0) is 13.4. The fraction of sp³-hybridized carbons (Fsp3) is 0.0769. The molecule has 0 spiro atoms. The Morgan fingerprint density at radius 3 is 2.74 bits per heavy atom. The van der Waals surface area contributed by atoms with Gasteiger partial charge in [-0.2, -0.15) is 0 Å². The largest absolute Gasteiger partial charge is 0.381 e. The van der Waals surface area contributed by atoms with Crippen LogP contribution in [0.5, 0.6) is 0 Å². The number of hydrogen-bond donors (Lipinski definition) is 1. The Hall–Kier alpha value is -2.63. The topological polar surface area (TPSA) is 69.9 Å². The van der Waals surface area contributed by atoms with Gasteiger partial charge in [0.2, 0.25) is 0 Å². The minimum absolute atomic E-state index is 0.268. The molecule has 2 heterocycles. The molecule has 0 aliphatic heterocycles. The normalized spacial score (nSPS) is 10.8. The van der Waals surface area contributed by atoms with E-state index in [1.807, 2.05) is 6.92 Å². The van der Waals surface area contributed by atoms with Gasteiger partial charge in [0.05, 0.1) is 5.69 Å². The van der Waals surface area contributed by atoms with E-state index in [1.165, 1.54) is 6.07 Å². The first-order valence-corrected chi connectivity index (χ1v) is 5.67. The quantitative estimate of drug-likeness (QED) is 0.766. The Morgan fingerprint density at radius 1 is 1.32 bits per heavy atom. The summed E-state index contributed by atoms with van der Waals surface area (Å²) in [6.45, 7) is 1.81. The summed E-state index contributed by atoms with van der Waals surface area (Å²) in [6.07, 6.45) is 3.33. The summed E-state index contributed by atoms with van der Waals surface area (Å²) in [4.78, 5) is 4.07. The van der Waals surface area contributed by atoms with Crippen LogP contribution in [0.15, 0.2) is 41.2 Å². The molecule has 0 saturated heterocycles. The highest BCUT2D eigenvalue weighted by atomic mass is 19.1. The van der Waals surface area contributed by atoms with Crippen molar-refractivity contribution in [3.8, 4) is 17.0 Å². The minimum Gasteiger partial charge on any atom is -0.381 e. The Balaban J connectivity index is 2.06. The molecule has 19 heavy (non-hydrogen) atoms. The predicted molar refractivity (Wildman–Crippen MR) is 68.2 cm³/mol. The van der Waals surface area contributed by atoms with Crippen molar-refractivity contribution in [2.75, 3.05) is 5.73 Å². The molecule has 0 unspecified atom stereocenters. The van der Waals surface area contributed by atoms with Crippen LogP contribution in [0.4, 0.5) is 10.2 Å². The summed E-state index contributed by atoms with van der Waals surface area (Å²) in [7, 11) is 0. The molecule has 96 valence electrons. The molecule has 0 bridgehead atoms. The van der Waals surface area contributed by atoms with Gasteiger partial charge in [0.15, 0.2) is 11.6 Å². The molecule has 2 N–H and O–H groups in total. The highest BCUT2D eigenvalue weighted by molar-refractivity contribution is 5.61. The van der Waals surface area contributed by atoms with Crippen LogP contribution in [0.3, 0.4) is 0 Å². The molecular weight excluding hydrogens is 247 g/mol. The molecule has 0 amide bonds. The molecule has 0 aliphatic rings. The fourth-order valence-corrected chi connectivity index (χ4v) is 1.91. The Morgan fingerprint density at radius 2 is 2.16 bits per heavy atom. The van der Waals surface area contributed by atoms with Crippen LogP contribution in [0, 0.1) is 12.7 Å². The molecule has 3 rings (SSSR count). The van der Waals surface area contributed by atoms with Crippen molar-refractivity contribution in [2.45, 2.75) is 6.92 Å². The molecular formula is C13H11FN4O. The van der Waals surface area contributed by atoms with Crippen LogP contribution < -0.4 is 5.73 Å². The van der Waals surface area contributed by atoms with Crippen LogP contribution in [-0.2, 0) is 0 Å². The number of imidazole rings is 1. The molecule has 3 aromatic rings. The molecule has 1 aromatic carbocycles. The lowest BCUT2D eigenvalue weighted by Gasteiger charge is -2.07. The van der Waals surface area contributed by atoms with Gasteiger partial charge in [-0.1, -0.05) is 5.16 Å². The second kappa shape index (κ2) is 4.24. The van der Waals surface area contributed by atoms with Crippen molar-refractivity contribution in [2.24, 2.45) is 0 Å². The van der Waals surface area contributed by atoms with Gasteiger partial charge in [0, 0.05) is 24.0 Å². The zero-order valence-electron chi connectivity index (χ0n) is 10.2. The van der Waals surface area contributed by atoms with E-state index >= 15 is 0 Å². The Labute approximate surface area is 108 Å². The highest BCUT2D eigenvalue weighted by Gasteiger charge is 2.11. The van der Waals surface area contributed by atoms with E-state index in [0.717, 1.165) is 5.82 Å². The molecule has 6 heteroatoms. The number of nitrogens with zero attached hydrogens (tertiary/aromatic N) is 3. The first-order chi connectivity index (χ1) is 9.15. The lowest BCUT2D eigenvalue weighted by molar-refractivity contribution is 0.435. The number of nitrogen functional groups attached to an aromatic ring is 1. The van der Waals surface area contributed by atoms with Crippen molar-refractivity contribution < 1.29 is 8.91 Å². The van der Waals surface area contributed by atoms with Gasteiger partial charge in [-0.3, -0.25) is 0 Å². The van der Waals surface area contributed by atoms with E-state index < -0.39 is 0 Å². The summed E-state index contributed by atoms with van der Waals surface area (Å²) >= 11 is 0. The highest BCUT2D eigenvalue weighted by Crippen LogP contribution is 2.25. The number of halogens is 1. The van der Waals surface area contributed by atoms with Crippen molar-refractivity contribution in [3.05, 3.63) is 48.3 Å². The second-order valence-electron chi connectivity index (χ2n) is 4.13. The van der Waals surface area contributed by atoms with Gasteiger partial charge in [0.1, 0.15) is 11.6 Å². The van der Waals surface area contributed by atoms with E-state index in [0.29, 0.717) is 17.0 Å². The van der Waals surface area contributed by atoms with Gasteiger partial charge in [-0.15, -0.1) is 0 Å². The maximum Gasteiger partial charge on any atom is 0.169 e. The summed E-state index contributed by atoms with van der Waals surface area (Å²) in [5, 5.41) is 3.57. The predicted octanol–water partition coefficient (Wildman–Crippen LogP) is 2.56. The third-order valence-electron chi connectivity index (χ3n) is 2.85. The van der Waals surface area contributed by atoms with Gasteiger partial charge in [-0.25, -0.2) is 9.37 Å². The van der Waals surface area contributed by atoms with Crippen LogP contribution in [0.25, 0.3) is 17.0 Å². The van der Waals surface area contributed by atoms with E-state index in [4.69, 9.17) is 10.3 Å². The number of aromatic nitrogens is 3. The van der Waals surface area contributed by atoms with E-state index in [9.17, 15) is 4.39 Å². The standard InChI is InChI=1S/C13H11FN4O/c1-8-16-4-5-18(8)11-3-2-9(6-10(11)14)12-7-13(15)17-19-12/h2-7H,1H3,(H2,15,17). The number of rotatable bonds is 2. The Bertz CT molecular complexity index is 732. The van der Waals surface area contributed by atoms with Crippen molar-refractivity contribution in [1.82, 2.24) is 14.7 Å². The summed E-state index contributed by atoms with van der Waals surface area (Å²) in [5.74, 6) is 1.05. The Kier molecular flexibility index (Phi) is 2.56. The van der Waals surface area contributed by atoms with E-state index in [1.54, 1.807) is 35.2 Å². The molecule has 5 nitrogen and oxygen atoms in total. The average Bonchev–Trinajstić information content (AvgIpc) is 2.98. The lowest BCUT2D eigenvalue weighted by atomic mass is 10.1. The van der Waals surface area contributed by atoms with Crippen molar-refractivity contribution in [3.63, 3.8) is 0 Å². The van der Waals surface area contributed by atoms with Crippen LogP contribution >= 0.6 is 0 Å². The third-order valence-corrected chi connectivity index (χ3v) is 2.85. The maximum absolute atomic E-state index is 14.1. The molecule has 0 radical (unpaired) electrons. The van der Waals surface area contributed by atoms with Gasteiger partial charge in [-0.05, 0) is 25.1 Å². The van der Waals surface area contributed by atoms with E-state index in [-0.39, 0.29) is 11.6 Å². The first-order valence-electron chi connectivity index (χ1n) is 5.67. The maximum atomic E-state index is 14.1. The van der Waals surface area contributed by atoms with Crippen molar-refractivity contribution in [1.29, 1.82) is 0 Å². The number of hydrogen-bond acceptors (Lipinski definition) is 4. The third kappa shape index (κ3) is 1.97. The van der Waals surface area contributed by atoms with Crippen LogP contribution in [0.1, 0.15) is 5.82 Å². The monoisotopic (exact) mass is 258 g/mol. The smallest absolute Gasteiger partial charge is 0.169 e. The van der Waals surface area contributed by atoms with E-state index in [2.05, 4.69) is 10.1 Å². The number of anilines is 1. The molecule has 0 atom stereocenters. The summed E-state index contributed by atoms with van der Waals surface area (Å²) < 4.78 is 20.8. The van der Waals surface area contributed by atoms with Crippen molar-refractivity contribution >= 4 is 5.82 Å². The van der Waals surface area contributed by atoms with Crippen LogP contribution in [-0.4, -0.2) is 14.7 Å². The number of aryl methyl sites for hydroxylation is 1. The summed E-state index contributed by atoms with van der Waals surface area (Å²) in [6, 6.07) is 6.35. The number of nitrogens with two attached hydrogens (primary N) is 1. The molecule has 2 aromatic heterocycles. The first kappa shape index (κ1) is 11.5. The van der Waals surface area contributed by atoms with Crippen LogP contribution in [0.2, 0.25) is 0 Å². The fourth-order valence-electron chi connectivity index (χ4n) is 1.91. The van der Waals surface area contributed by atoms with Gasteiger partial charge < -0.3 is 14.8 Å². The molecule has 0 fully saturated rings. The SMILES string of the molecule is Cc1nccn1-c1ccc(-c2cc(N)no2)cc1F. The van der Waals surface area contributed by atoms with Gasteiger partial charge >= 0.3 is 0 Å². The molecule has 0 saturated carbocycles. The summed E-state index contributed by atoms with van der Waals surface area (Å²) in [5.41, 5.74) is 6.49. The zero-order valence-corrected chi connectivity index (χ0v) is 10.2. The molecule has 0 aliphatic carbocycles. The number of benzene rings is 1.